The van der Waals surface area contributed by atoms with E-state index in [-0.39, 0.29) is 12.1 Å². The van der Waals surface area contributed by atoms with Crippen molar-refractivity contribution in [3.63, 3.8) is 0 Å². The molecular weight excluding hydrogens is 510 g/mol. The molecular formula is C25H22BrN7O2. The smallest absolute Gasteiger partial charge is 0.212 e. The van der Waals surface area contributed by atoms with Crippen LogP contribution in [0.3, 0.4) is 0 Å². The molecule has 1 N–H and O–H groups in total. The molecule has 0 bridgehead atoms. The number of aliphatic hydroxyl groups is 1. The third-order valence-electron chi connectivity index (χ3n) is 6.87. The molecule has 0 unspecified atom stereocenters. The minimum atomic E-state index is -0.448. The highest BCUT2D eigenvalue weighted by atomic mass is 79.9. The number of halogens is 1. The molecule has 6 rings (SSSR count). The molecule has 0 aromatic carbocycles. The predicted octanol–water partition coefficient (Wildman–Crippen LogP) is 2.87. The first-order chi connectivity index (χ1) is 17.1. The van der Waals surface area contributed by atoms with Gasteiger partial charge in [0.25, 0.3) is 0 Å². The lowest BCUT2D eigenvalue weighted by molar-refractivity contribution is 0.151. The van der Waals surface area contributed by atoms with Crippen molar-refractivity contribution in [2.75, 3.05) is 25.1 Å². The lowest BCUT2D eigenvalue weighted by Gasteiger charge is -2.48. The average Bonchev–Trinajstić information content (AvgIpc) is 3.36. The molecule has 2 aliphatic rings. The average molecular weight is 532 g/mol. The second kappa shape index (κ2) is 8.61. The summed E-state index contributed by atoms with van der Waals surface area (Å²) in [4.78, 5) is 13.5. The Kier molecular flexibility index (Phi) is 5.40. The molecule has 35 heavy (non-hydrogen) atoms. The minimum Gasteiger partial charge on any atom is -0.481 e. The number of fused-ring (bicyclic) bond motifs is 2. The topological polar surface area (TPSA) is 103 Å². The number of hydrogen-bond acceptors (Lipinski definition) is 8. The number of pyridine rings is 3. The van der Waals surface area contributed by atoms with Gasteiger partial charge in [-0.1, -0.05) is 6.07 Å². The molecule has 0 aliphatic carbocycles. The first kappa shape index (κ1) is 22.0. The number of likely N-dealkylation sites (tertiary alicyclic amines) is 1. The number of hydrogen-bond donors (Lipinski definition) is 1. The van der Waals surface area contributed by atoms with E-state index in [0.29, 0.717) is 18.0 Å². The lowest BCUT2D eigenvalue weighted by atomic mass is 9.95. The number of anilines is 1. The molecule has 4 aromatic rings. The van der Waals surface area contributed by atoms with Gasteiger partial charge in [-0.3, -0.25) is 4.90 Å². The molecule has 0 radical (unpaired) electrons. The van der Waals surface area contributed by atoms with E-state index < -0.39 is 6.10 Å². The summed E-state index contributed by atoms with van der Waals surface area (Å²) in [7, 11) is 1.60. The molecule has 2 saturated heterocycles. The highest BCUT2D eigenvalue weighted by Gasteiger charge is 2.52. The van der Waals surface area contributed by atoms with Crippen molar-refractivity contribution in [3.05, 3.63) is 70.7 Å². The van der Waals surface area contributed by atoms with Crippen LogP contribution in [0.2, 0.25) is 0 Å². The van der Waals surface area contributed by atoms with Gasteiger partial charge < -0.3 is 14.7 Å². The van der Waals surface area contributed by atoms with Crippen molar-refractivity contribution in [1.82, 2.24) is 24.5 Å². The number of nitriles is 1. The Morgan fingerprint density at radius 2 is 2.06 bits per heavy atom. The standard InChI is InChI=1S/C25H22BrN7O2/c1-35-23-5-2-15(8-29-23)11-31-14-21(34)25-20(31)13-32(25)22-4-3-16(9-28-22)19-6-18(26)12-33-24(19)17(7-27)10-30-33/h2-6,8-10,12,20-21,25,34H,11,13-14H2,1H3/t20-,21+,25+/m0/s1. The van der Waals surface area contributed by atoms with Crippen molar-refractivity contribution in [2.45, 2.75) is 24.7 Å². The Morgan fingerprint density at radius 1 is 1.17 bits per heavy atom. The van der Waals surface area contributed by atoms with Gasteiger partial charge in [0.2, 0.25) is 5.88 Å². The highest BCUT2D eigenvalue weighted by Crippen LogP contribution is 2.38. The maximum absolute atomic E-state index is 10.8. The lowest BCUT2D eigenvalue weighted by Crippen LogP contribution is -2.64. The monoisotopic (exact) mass is 531 g/mol. The maximum Gasteiger partial charge on any atom is 0.212 e. The number of ether oxygens (including phenoxy) is 1. The molecule has 0 amide bonds. The molecule has 0 saturated carbocycles. The largest absolute Gasteiger partial charge is 0.481 e. The quantitative estimate of drug-likeness (QED) is 0.419. The van der Waals surface area contributed by atoms with Crippen molar-refractivity contribution in [2.24, 2.45) is 0 Å². The second-order valence-electron chi connectivity index (χ2n) is 8.86. The van der Waals surface area contributed by atoms with Crippen LogP contribution in [0.15, 0.2) is 59.6 Å². The Morgan fingerprint density at radius 3 is 2.77 bits per heavy atom. The Labute approximate surface area is 210 Å². The van der Waals surface area contributed by atoms with Gasteiger partial charge in [0.15, 0.2) is 0 Å². The first-order valence-electron chi connectivity index (χ1n) is 11.3. The zero-order valence-electron chi connectivity index (χ0n) is 18.9. The second-order valence-corrected chi connectivity index (χ2v) is 9.77. The van der Waals surface area contributed by atoms with E-state index in [1.807, 2.05) is 48.9 Å². The Bertz CT molecular complexity index is 1430. The predicted molar refractivity (Wildman–Crippen MR) is 133 cm³/mol. The number of β-amino-alcohol motifs (C(OH)–C–C–N with tert-alkyl or cyclic N) is 1. The fraction of sp³-hybridized carbons (Fsp3) is 0.280. The van der Waals surface area contributed by atoms with Crippen LogP contribution in [0.4, 0.5) is 5.82 Å². The van der Waals surface area contributed by atoms with Gasteiger partial charge >= 0.3 is 0 Å². The Hall–Kier alpha value is -3.52. The summed E-state index contributed by atoms with van der Waals surface area (Å²) in [5.74, 6) is 1.43. The first-order valence-corrected chi connectivity index (χ1v) is 12.1. The number of rotatable bonds is 5. The molecule has 3 atom stereocenters. The van der Waals surface area contributed by atoms with Crippen LogP contribution in [-0.4, -0.2) is 68.0 Å². The number of aliphatic hydroxyl groups excluding tert-OH is 1. The third kappa shape index (κ3) is 3.72. The van der Waals surface area contributed by atoms with Crippen molar-refractivity contribution < 1.29 is 9.84 Å². The van der Waals surface area contributed by atoms with Crippen LogP contribution >= 0.6 is 15.9 Å². The molecule has 2 fully saturated rings. The summed E-state index contributed by atoms with van der Waals surface area (Å²) in [5, 5.41) is 24.6. The normalized spacial score (nSPS) is 21.5. The van der Waals surface area contributed by atoms with E-state index in [4.69, 9.17) is 9.72 Å². The zero-order valence-corrected chi connectivity index (χ0v) is 20.5. The van der Waals surface area contributed by atoms with Crippen LogP contribution in [0.25, 0.3) is 16.6 Å². The zero-order chi connectivity index (χ0) is 24.1. The van der Waals surface area contributed by atoms with Gasteiger partial charge in [-0.05, 0) is 39.7 Å². The summed E-state index contributed by atoms with van der Waals surface area (Å²) < 4.78 is 7.71. The van der Waals surface area contributed by atoms with Crippen LogP contribution in [0.1, 0.15) is 11.1 Å². The van der Waals surface area contributed by atoms with E-state index in [0.717, 1.165) is 45.6 Å². The summed E-state index contributed by atoms with van der Waals surface area (Å²) >= 11 is 3.53. The summed E-state index contributed by atoms with van der Waals surface area (Å²) in [5.41, 5.74) is 4.15. The number of nitrogens with zero attached hydrogens (tertiary/aromatic N) is 7. The Balaban J connectivity index is 1.21. The molecule has 6 heterocycles. The van der Waals surface area contributed by atoms with Gasteiger partial charge in [0.1, 0.15) is 11.9 Å². The van der Waals surface area contributed by atoms with E-state index in [2.05, 4.69) is 41.9 Å². The summed E-state index contributed by atoms with van der Waals surface area (Å²) in [6.07, 6.45) is 6.60. The fourth-order valence-corrected chi connectivity index (χ4v) is 5.60. The molecule has 9 nitrogen and oxygen atoms in total. The molecule has 4 aromatic heterocycles. The third-order valence-corrected chi connectivity index (χ3v) is 7.30. The number of aromatic nitrogens is 4. The van der Waals surface area contributed by atoms with Crippen molar-refractivity contribution >= 4 is 27.3 Å². The number of methoxy groups -OCH3 is 1. The van der Waals surface area contributed by atoms with E-state index in [1.165, 1.54) is 0 Å². The van der Waals surface area contributed by atoms with Crippen LogP contribution < -0.4 is 9.64 Å². The van der Waals surface area contributed by atoms with Crippen molar-refractivity contribution in [1.29, 1.82) is 5.26 Å². The SMILES string of the molecule is COc1ccc(CN2C[C@@H](O)[C@H]3[C@@H]2CN3c2ccc(-c3cc(Br)cn4ncc(C#N)c34)cn2)cn1. The van der Waals surface area contributed by atoms with Gasteiger partial charge in [-0.15, -0.1) is 0 Å². The van der Waals surface area contributed by atoms with Gasteiger partial charge in [0, 0.05) is 59.9 Å². The van der Waals surface area contributed by atoms with E-state index in [1.54, 1.807) is 17.8 Å². The van der Waals surface area contributed by atoms with E-state index in [9.17, 15) is 10.4 Å². The molecule has 10 heteroatoms. The van der Waals surface area contributed by atoms with Gasteiger partial charge in [-0.2, -0.15) is 10.4 Å². The summed E-state index contributed by atoms with van der Waals surface area (Å²) in [6.45, 7) is 2.16. The molecule has 2 aliphatic heterocycles. The van der Waals surface area contributed by atoms with Gasteiger partial charge in [0.05, 0.1) is 42.6 Å². The van der Waals surface area contributed by atoms with Gasteiger partial charge in [-0.25, -0.2) is 14.5 Å². The van der Waals surface area contributed by atoms with E-state index >= 15 is 0 Å². The fourth-order valence-electron chi connectivity index (χ4n) is 5.17. The maximum atomic E-state index is 10.8. The highest BCUT2D eigenvalue weighted by molar-refractivity contribution is 9.10. The van der Waals surface area contributed by atoms with Crippen LogP contribution in [-0.2, 0) is 6.54 Å². The minimum absolute atomic E-state index is 0.0113. The molecule has 176 valence electrons. The summed E-state index contributed by atoms with van der Waals surface area (Å²) in [6, 6.07) is 12.3. The molecule has 0 spiro atoms. The van der Waals surface area contributed by atoms with Crippen molar-refractivity contribution in [3.8, 4) is 23.1 Å². The van der Waals surface area contributed by atoms with Crippen LogP contribution in [0.5, 0.6) is 5.88 Å². The van der Waals surface area contributed by atoms with Crippen LogP contribution in [0, 0.1) is 11.3 Å².